The molecule has 1 aromatic rings. The van der Waals surface area contributed by atoms with Gasteiger partial charge in [0, 0.05) is 11.7 Å². The van der Waals surface area contributed by atoms with Gasteiger partial charge in [-0.25, -0.2) is 0 Å². The van der Waals surface area contributed by atoms with E-state index in [1.807, 2.05) is 12.1 Å². The normalized spacial score (nSPS) is 18.6. The fourth-order valence-electron chi connectivity index (χ4n) is 2.54. The highest BCUT2D eigenvalue weighted by molar-refractivity contribution is 5.45. The minimum Gasteiger partial charge on any atom is -0.392 e. The Kier molecular flexibility index (Phi) is 3.83. The first-order valence-corrected chi connectivity index (χ1v) is 6.26. The molecular weight excluding hydrogens is 198 g/mol. The average molecular weight is 219 g/mol. The molecule has 1 aliphatic carbocycles. The van der Waals surface area contributed by atoms with Gasteiger partial charge in [0.2, 0.25) is 0 Å². The molecule has 2 heteroatoms. The van der Waals surface area contributed by atoms with E-state index in [1.165, 1.54) is 25.7 Å². The second-order valence-corrected chi connectivity index (χ2v) is 4.83. The predicted molar refractivity (Wildman–Crippen MR) is 67.4 cm³/mol. The van der Waals surface area contributed by atoms with E-state index in [4.69, 9.17) is 5.11 Å². The van der Waals surface area contributed by atoms with E-state index in [0.29, 0.717) is 6.04 Å². The van der Waals surface area contributed by atoms with Gasteiger partial charge in [0.15, 0.2) is 0 Å². The number of hydrogen-bond acceptors (Lipinski definition) is 2. The first-order chi connectivity index (χ1) is 7.79. The van der Waals surface area contributed by atoms with Crippen molar-refractivity contribution in [2.24, 2.45) is 5.92 Å². The van der Waals surface area contributed by atoms with Crippen molar-refractivity contribution >= 4 is 5.69 Å². The van der Waals surface area contributed by atoms with Gasteiger partial charge in [0.1, 0.15) is 0 Å². The maximum absolute atomic E-state index is 8.96. The molecule has 1 fully saturated rings. The summed E-state index contributed by atoms with van der Waals surface area (Å²) in [5, 5.41) is 12.5. The molecular formula is C14H21NO. The molecule has 0 heterocycles. The molecule has 0 bridgehead atoms. The smallest absolute Gasteiger partial charge is 0.0681 e. The number of anilines is 1. The summed E-state index contributed by atoms with van der Waals surface area (Å²) in [6.45, 7) is 2.40. The minimum atomic E-state index is 0.123. The van der Waals surface area contributed by atoms with Crippen LogP contribution in [-0.4, -0.2) is 11.1 Å². The average Bonchev–Trinajstić information content (AvgIpc) is 2.83. The van der Waals surface area contributed by atoms with Crippen LogP contribution in [-0.2, 0) is 6.61 Å². The Morgan fingerprint density at radius 1 is 1.25 bits per heavy atom. The molecule has 0 radical (unpaired) electrons. The van der Waals surface area contributed by atoms with Gasteiger partial charge in [-0.3, -0.25) is 0 Å². The Hall–Kier alpha value is -1.02. The monoisotopic (exact) mass is 219 g/mol. The van der Waals surface area contributed by atoms with Gasteiger partial charge < -0.3 is 10.4 Å². The highest BCUT2D eigenvalue weighted by Crippen LogP contribution is 2.29. The first-order valence-electron chi connectivity index (χ1n) is 6.26. The number of aliphatic hydroxyl groups is 1. The number of hydrogen-bond donors (Lipinski definition) is 2. The molecule has 1 atom stereocenters. The van der Waals surface area contributed by atoms with Crippen molar-refractivity contribution in [2.75, 3.05) is 5.32 Å². The Morgan fingerprint density at radius 2 is 1.88 bits per heavy atom. The Bertz CT molecular complexity index is 314. The summed E-state index contributed by atoms with van der Waals surface area (Å²) in [5.41, 5.74) is 2.13. The molecule has 1 saturated carbocycles. The summed E-state index contributed by atoms with van der Waals surface area (Å²) in [7, 11) is 0. The molecule has 2 nitrogen and oxygen atoms in total. The molecule has 1 aliphatic rings. The summed E-state index contributed by atoms with van der Waals surface area (Å²) >= 11 is 0. The van der Waals surface area contributed by atoms with Gasteiger partial charge in [-0.05, 0) is 43.4 Å². The molecule has 0 amide bonds. The Balaban J connectivity index is 1.92. The lowest BCUT2D eigenvalue weighted by Crippen LogP contribution is -2.23. The number of benzene rings is 1. The lowest BCUT2D eigenvalue weighted by Gasteiger charge is -2.21. The van der Waals surface area contributed by atoms with Crippen molar-refractivity contribution in [2.45, 2.75) is 45.3 Å². The van der Waals surface area contributed by atoms with Gasteiger partial charge in [-0.2, -0.15) is 0 Å². The highest BCUT2D eigenvalue weighted by Gasteiger charge is 2.21. The second-order valence-electron chi connectivity index (χ2n) is 4.83. The SMILES string of the molecule is CC(Nc1ccc(CO)cc1)C1CCCC1. The van der Waals surface area contributed by atoms with E-state index in [9.17, 15) is 0 Å². The zero-order valence-corrected chi connectivity index (χ0v) is 9.95. The van der Waals surface area contributed by atoms with E-state index in [2.05, 4.69) is 24.4 Å². The molecule has 2 N–H and O–H groups in total. The first kappa shape index (κ1) is 11.5. The fraction of sp³-hybridized carbons (Fsp3) is 0.571. The van der Waals surface area contributed by atoms with Crippen molar-refractivity contribution < 1.29 is 5.11 Å². The highest BCUT2D eigenvalue weighted by atomic mass is 16.3. The molecule has 0 spiro atoms. The van der Waals surface area contributed by atoms with Crippen molar-refractivity contribution in [3.63, 3.8) is 0 Å². The summed E-state index contributed by atoms with van der Waals surface area (Å²) in [6, 6.07) is 8.61. The molecule has 1 unspecified atom stereocenters. The van der Waals surface area contributed by atoms with E-state index in [0.717, 1.165) is 17.2 Å². The van der Waals surface area contributed by atoms with Crippen LogP contribution in [0.2, 0.25) is 0 Å². The van der Waals surface area contributed by atoms with Gasteiger partial charge in [0.05, 0.1) is 6.61 Å². The molecule has 0 aromatic heterocycles. The lowest BCUT2D eigenvalue weighted by atomic mass is 9.99. The maximum Gasteiger partial charge on any atom is 0.0681 e. The zero-order valence-electron chi connectivity index (χ0n) is 9.95. The second kappa shape index (κ2) is 5.35. The zero-order chi connectivity index (χ0) is 11.4. The molecule has 16 heavy (non-hydrogen) atoms. The van der Waals surface area contributed by atoms with Crippen molar-refractivity contribution in [3.05, 3.63) is 29.8 Å². The van der Waals surface area contributed by atoms with E-state index in [1.54, 1.807) is 0 Å². The number of nitrogens with one attached hydrogen (secondary N) is 1. The maximum atomic E-state index is 8.96. The van der Waals surface area contributed by atoms with E-state index in [-0.39, 0.29) is 6.61 Å². The Morgan fingerprint density at radius 3 is 2.44 bits per heavy atom. The molecule has 88 valence electrons. The third kappa shape index (κ3) is 2.76. The van der Waals surface area contributed by atoms with Gasteiger partial charge in [-0.15, -0.1) is 0 Å². The van der Waals surface area contributed by atoms with Gasteiger partial charge in [0.25, 0.3) is 0 Å². The largest absolute Gasteiger partial charge is 0.392 e. The number of rotatable bonds is 4. The third-order valence-corrected chi connectivity index (χ3v) is 3.64. The quantitative estimate of drug-likeness (QED) is 0.815. The van der Waals surface area contributed by atoms with E-state index >= 15 is 0 Å². The molecule has 0 aliphatic heterocycles. The minimum absolute atomic E-state index is 0.123. The number of aliphatic hydroxyl groups excluding tert-OH is 1. The summed E-state index contributed by atoms with van der Waals surface area (Å²) < 4.78 is 0. The predicted octanol–water partition coefficient (Wildman–Crippen LogP) is 3.17. The van der Waals surface area contributed by atoms with Crippen LogP contribution in [0.25, 0.3) is 0 Å². The van der Waals surface area contributed by atoms with Gasteiger partial charge in [-0.1, -0.05) is 25.0 Å². The molecule has 1 aromatic carbocycles. The van der Waals surface area contributed by atoms with Crippen LogP contribution in [0.15, 0.2) is 24.3 Å². The van der Waals surface area contributed by atoms with Crippen LogP contribution in [0.5, 0.6) is 0 Å². The van der Waals surface area contributed by atoms with Crippen LogP contribution in [0, 0.1) is 5.92 Å². The van der Waals surface area contributed by atoms with Crippen LogP contribution in [0.1, 0.15) is 38.2 Å². The van der Waals surface area contributed by atoms with Crippen molar-refractivity contribution in [1.29, 1.82) is 0 Å². The lowest BCUT2D eigenvalue weighted by molar-refractivity contribution is 0.282. The van der Waals surface area contributed by atoms with Crippen LogP contribution in [0.3, 0.4) is 0 Å². The van der Waals surface area contributed by atoms with Crippen molar-refractivity contribution in [1.82, 2.24) is 0 Å². The Labute approximate surface area is 97.7 Å². The molecule has 2 rings (SSSR count). The standard InChI is InChI=1S/C14H21NO/c1-11(13-4-2-3-5-13)15-14-8-6-12(10-16)7-9-14/h6-9,11,13,15-16H,2-5,10H2,1H3. The van der Waals surface area contributed by atoms with Crippen LogP contribution >= 0.6 is 0 Å². The third-order valence-electron chi connectivity index (χ3n) is 3.64. The van der Waals surface area contributed by atoms with Crippen molar-refractivity contribution in [3.8, 4) is 0 Å². The fourth-order valence-corrected chi connectivity index (χ4v) is 2.54. The summed E-state index contributed by atoms with van der Waals surface area (Å²) in [5.74, 6) is 0.831. The van der Waals surface area contributed by atoms with Crippen LogP contribution < -0.4 is 5.32 Å². The summed E-state index contributed by atoms with van der Waals surface area (Å²) in [6.07, 6.45) is 5.51. The van der Waals surface area contributed by atoms with Crippen LogP contribution in [0.4, 0.5) is 5.69 Å². The molecule has 0 saturated heterocycles. The summed E-state index contributed by atoms with van der Waals surface area (Å²) in [4.78, 5) is 0. The van der Waals surface area contributed by atoms with Gasteiger partial charge >= 0.3 is 0 Å². The van der Waals surface area contributed by atoms with E-state index < -0.39 is 0 Å². The topological polar surface area (TPSA) is 32.3 Å².